The van der Waals surface area contributed by atoms with Crippen molar-refractivity contribution in [3.05, 3.63) is 26.3 Å². The number of rotatable bonds is 3. The Bertz CT molecular complexity index is 127. The van der Waals surface area contributed by atoms with Gasteiger partial charge in [-0.2, -0.15) is 0 Å². The molecule has 1 atom stereocenters. The van der Waals surface area contributed by atoms with Crippen LogP contribution in [0, 0.1) is 0 Å². The van der Waals surface area contributed by atoms with Gasteiger partial charge in [-0.15, -0.1) is 26.3 Å². The van der Waals surface area contributed by atoms with Crippen LogP contribution in [0.15, 0.2) is 26.3 Å². The molecular formula is C13H36N2O2. The summed E-state index contributed by atoms with van der Waals surface area (Å²) in [6.45, 7) is 12.0. The van der Waals surface area contributed by atoms with Gasteiger partial charge in [0.25, 0.3) is 0 Å². The predicted molar refractivity (Wildman–Crippen MR) is 84.0 cm³/mol. The van der Waals surface area contributed by atoms with Crippen molar-refractivity contribution in [1.82, 2.24) is 0 Å². The lowest BCUT2D eigenvalue weighted by molar-refractivity contribution is -0.120. The molecule has 4 nitrogen and oxygen atoms in total. The molecule has 0 fully saturated rings. The maximum atomic E-state index is 9.95. The fraction of sp³-hybridized carbons (Fsp3) is 0.538. The summed E-state index contributed by atoms with van der Waals surface area (Å²) in [5, 5.41) is 0. The van der Waals surface area contributed by atoms with E-state index in [1.165, 1.54) is 0 Å². The van der Waals surface area contributed by atoms with Gasteiger partial charge in [0.2, 0.25) is 5.91 Å². The van der Waals surface area contributed by atoms with Gasteiger partial charge in [-0.25, -0.2) is 0 Å². The number of carbonyl (C=O) groups is 2. The lowest BCUT2D eigenvalue weighted by atomic mass is 10.2. The summed E-state index contributed by atoms with van der Waals surface area (Å²) in [7, 11) is 0. The molecule has 17 heavy (non-hydrogen) atoms. The third-order valence-electron chi connectivity index (χ3n) is 0.612. The molecule has 0 heterocycles. The molecular weight excluding hydrogens is 216 g/mol. The Hall–Kier alpha value is -1.42. The van der Waals surface area contributed by atoms with E-state index in [-0.39, 0.29) is 43.6 Å². The van der Waals surface area contributed by atoms with Gasteiger partial charge in [0, 0.05) is 6.42 Å². The highest BCUT2D eigenvalue weighted by molar-refractivity contribution is 5.78. The molecule has 4 heteroatoms. The van der Waals surface area contributed by atoms with Crippen molar-refractivity contribution in [1.29, 1.82) is 0 Å². The van der Waals surface area contributed by atoms with Crippen LogP contribution in [0.3, 0.4) is 0 Å². The molecule has 0 aliphatic rings. The lowest BCUT2D eigenvalue weighted by Gasteiger charge is -1.95. The largest absolute Gasteiger partial charge is 0.370 e. The van der Waals surface area contributed by atoms with Crippen molar-refractivity contribution in [2.45, 2.75) is 49.6 Å². The zero-order valence-electron chi connectivity index (χ0n) is 7.16. The van der Waals surface area contributed by atoms with Crippen LogP contribution in [0.1, 0.15) is 43.6 Å². The Morgan fingerprint density at radius 1 is 1.00 bits per heavy atom. The second-order valence-electron chi connectivity index (χ2n) is 1.47. The molecule has 0 bridgehead atoms. The van der Waals surface area contributed by atoms with E-state index in [1.54, 1.807) is 0 Å². The molecule has 0 aromatic heterocycles. The van der Waals surface area contributed by atoms with Crippen LogP contribution >= 0.6 is 0 Å². The van der Waals surface area contributed by atoms with E-state index in [1.807, 2.05) is 0 Å². The Morgan fingerprint density at radius 2 is 1.24 bits per heavy atom. The van der Waals surface area contributed by atoms with E-state index >= 15 is 0 Å². The summed E-state index contributed by atoms with van der Waals surface area (Å²) in [6.07, 6.45) is 0.425. The number of hydrogen-bond acceptors (Lipinski definition) is 3. The van der Waals surface area contributed by atoms with Crippen LogP contribution in [0.5, 0.6) is 0 Å². The average molecular weight is 252 g/mol. The molecule has 0 aliphatic heterocycles. The predicted octanol–water partition coefficient (Wildman–Crippen LogP) is 3.17. The van der Waals surface area contributed by atoms with Gasteiger partial charge < -0.3 is 16.3 Å². The van der Waals surface area contributed by atoms with Gasteiger partial charge in [0.15, 0.2) is 0 Å². The van der Waals surface area contributed by atoms with Crippen LogP contribution in [0.25, 0.3) is 0 Å². The van der Waals surface area contributed by atoms with Gasteiger partial charge >= 0.3 is 0 Å². The second kappa shape index (κ2) is 62.1. The van der Waals surface area contributed by atoms with E-state index in [2.05, 4.69) is 26.3 Å². The Kier molecular flexibility index (Phi) is 211. The molecule has 0 spiro atoms. The van der Waals surface area contributed by atoms with Crippen LogP contribution in [-0.2, 0) is 9.59 Å². The van der Waals surface area contributed by atoms with Gasteiger partial charge in [-0.3, -0.25) is 4.79 Å². The van der Waals surface area contributed by atoms with E-state index in [0.717, 1.165) is 0 Å². The summed E-state index contributed by atoms with van der Waals surface area (Å²) in [5.74, 6) is -0.551. The molecule has 110 valence electrons. The third-order valence-corrected chi connectivity index (χ3v) is 0.612. The van der Waals surface area contributed by atoms with E-state index in [9.17, 15) is 9.59 Å². The quantitative estimate of drug-likeness (QED) is 0.597. The van der Waals surface area contributed by atoms with E-state index < -0.39 is 11.9 Å². The molecule has 0 aliphatic carbocycles. The van der Waals surface area contributed by atoms with Crippen molar-refractivity contribution in [2.24, 2.45) is 11.5 Å². The first-order chi connectivity index (χ1) is 5.66. The van der Waals surface area contributed by atoms with E-state index in [4.69, 9.17) is 11.5 Å². The average Bonchev–Trinajstić information content (AvgIpc) is 2.10. The summed E-state index contributed by atoms with van der Waals surface area (Å²) < 4.78 is 0. The maximum absolute atomic E-state index is 9.95. The number of carbonyl (C=O) groups excluding carboxylic acids is 2. The number of nitrogens with two attached hydrogens (primary N) is 2. The minimum absolute atomic E-state index is 0. The monoisotopic (exact) mass is 252 g/mol. The van der Waals surface area contributed by atoms with Crippen LogP contribution in [-0.4, -0.2) is 18.2 Å². The minimum atomic E-state index is -0.729. The fourth-order valence-corrected chi connectivity index (χ4v) is 0.280. The Labute approximate surface area is 110 Å². The maximum Gasteiger partial charge on any atom is 0.219 e. The number of primary amides is 1. The Morgan fingerprint density at radius 3 is 1.29 bits per heavy atom. The SMILES string of the molecule is C.C.C.C.C.C=C.C=C.NC(=O)C[C@@H](N)C=O. The molecule has 0 rings (SSSR count). The first-order valence-corrected chi connectivity index (χ1v) is 3.16. The number of hydrogen-bond donors (Lipinski definition) is 2. The first kappa shape index (κ1) is 57.6. The highest BCUT2D eigenvalue weighted by atomic mass is 16.1. The number of amides is 1. The van der Waals surface area contributed by atoms with Gasteiger partial charge in [-0.1, -0.05) is 37.1 Å². The zero-order valence-corrected chi connectivity index (χ0v) is 7.16. The zero-order chi connectivity index (χ0) is 10.6. The van der Waals surface area contributed by atoms with Crippen molar-refractivity contribution in [3.63, 3.8) is 0 Å². The van der Waals surface area contributed by atoms with Crippen LogP contribution < -0.4 is 11.5 Å². The topological polar surface area (TPSA) is 86.2 Å². The first-order valence-electron chi connectivity index (χ1n) is 3.16. The molecule has 0 aromatic rings. The van der Waals surface area contributed by atoms with E-state index in [0.29, 0.717) is 6.29 Å². The molecule has 0 unspecified atom stereocenters. The summed E-state index contributed by atoms with van der Waals surface area (Å²) in [6, 6.07) is -0.729. The molecule has 0 saturated heterocycles. The smallest absolute Gasteiger partial charge is 0.219 e. The second-order valence-corrected chi connectivity index (χ2v) is 1.47. The van der Waals surface area contributed by atoms with Crippen molar-refractivity contribution >= 4 is 12.2 Å². The van der Waals surface area contributed by atoms with Crippen molar-refractivity contribution in [2.75, 3.05) is 0 Å². The standard InChI is InChI=1S/C4H8N2O2.2C2H4.5CH4/c5-3(2-7)1-4(6)8;2*1-2;;;;;/h2-3H,1,5H2,(H2,6,8);2*1-2H2;5*1H4/t3-;;;;;;;/m1......./s1. The molecule has 0 aromatic carbocycles. The molecule has 1 amide bonds. The summed E-state index contributed by atoms with van der Waals surface area (Å²) >= 11 is 0. The van der Waals surface area contributed by atoms with Gasteiger partial charge in [0.05, 0.1) is 6.04 Å². The molecule has 0 saturated carbocycles. The van der Waals surface area contributed by atoms with Crippen LogP contribution in [0.2, 0.25) is 0 Å². The van der Waals surface area contributed by atoms with Crippen molar-refractivity contribution < 1.29 is 9.59 Å². The Balaban J connectivity index is -0.0000000137. The van der Waals surface area contributed by atoms with Gasteiger partial charge in [-0.05, 0) is 0 Å². The van der Waals surface area contributed by atoms with Gasteiger partial charge in [0.1, 0.15) is 6.29 Å². The highest BCUT2D eigenvalue weighted by Gasteiger charge is 2.02. The van der Waals surface area contributed by atoms with Crippen molar-refractivity contribution in [3.8, 4) is 0 Å². The molecule has 4 N–H and O–H groups in total. The lowest BCUT2D eigenvalue weighted by Crippen LogP contribution is -2.28. The fourth-order valence-electron chi connectivity index (χ4n) is 0.280. The third kappa shape index (κ3) is 110. The summed E-state index contributed by atoms with van der Waals surface area (Å²) in [5.41, 5.74) is 9.70. The minimum Gasteiger partial charge on any atom is -0.370 e. The number of aldehydes is 1. The highest BCUT2D eigenvalue weighted by Crippen LogP contribution is 1.78. The normalized spacial score (nSPS) is 6.41. The summed E-state index contributed by atoms with van der Waals surface area (Å²) in [4.78, 5) is 19.7. The molecule has 0 radical (unpaired) electrons. The van der Waals surface area contributed by atoms with Crippen LogP contribution in [0.4, 0.5) is 0 Å².